The molecule has 0 aliphatic rings. The van der Waals surface area contributed by atoms with Gasteiger partial charge in [0.1, 0.15) is 18.2 Å². The van der Waals surface area contributed by atoms with Gasteiger partial charge in [-0.3, -0.25) is 0 Å². The van der Waals surface area contributed by atoms with Crippen LogP contribution in [-0.2, 0) is 0 Å². The Labute approximate surface area is 103 Å². The van der Waals surface area contributed by atoms with E-state index in [2.05, 4.69) is 26.1 Å². The van der Waals surface area contributed by atoms with Crippen molar-refractivity contribution in [2.75, 3.05) is 19.7 Å². The summed E-state index contributed by atoms with van der Waals surface area (Å²) in [4.78, 5) is 0. The topological polar surface area (TPSA) is 21.3 Å². The summed E-state index contributed by atoms with van der Waals surface area (Å²) in [5.41, 5.74) is 0.366. The van der Waals surface area contributed by atoms with E-state index in [1.807, 2.05) is 0 Å². The minimum Gasteiger partial charge on any atom is -0.492 e. The Morgan fingerprint density at radius 1 is 1.12 bits per heavy atom. The van der Waals surface area contributed by atoms with E-state index in [0.717, 1.165) is 19.5 Å². The summed E-state index contributed by atoms with van der Waals surface area (Å²) in [6.45, 7) is 9.09. The number of halogens is 1. The van der Waals surface area contributed by atoms with Crippen LogP contribution in [0.25, 0.3) is 0 Å². The molecular weight excluding hydrogens is 217 g/mol. The number of nitrogens with one attached hydrogen (secondary N) is 1. The maximum atomic E-state index is 12.6. The number of hydrogen-bond acceptors (Lipinski definition) is 2. The minimum atomic E-state index is -0.236. The highest BCUT2D eigenvalue weighted by Gasteiger charge is 2.08. The zero-order valence-corrected chi connectivity index (χ0v) is 10.9. The standard InChI is InChI=1S/C14H22FNO/c1-14(2,3)8-9-16-10-11-17-13-6-4-12(15)5-7-13/h4-7,16H,8-11H2,1-3H3. The predicted molar refractivity (Wildman–Crippen MR) is 68.8 cm³/mol. The molecule has 0 aromatic heterocycles. The van der Waals surface area contributed by atoms with Crippen molar-refractivity contribution in [2.45, 2.75) is 27.2 Å². The Morgan fingerprint density at radius 2 is 1.76 bits per heavy atom. The van der Waals surface area contributed by atoms with Gasteiger partial charge in [0.25, 0.3) is 0 Å². The lowest BCUT2D eigenvalue weighted by atomic mass is 9.92. The first-order chi connectivity index (χ1) is 7.97. The van der Waals surface area contributed by atoms with Gasteiger partial charge < -0.3 is 10.1 Å². The molecule has 1 N–H and O–H groups in total. The lowest BCUT2D eigenvalue weighted by Gasteiger charge is -2.18. The first kappa shape index (κ1) is 14.0. The summed E-state index contributed by atoms with van der Waals surface area (Å²) >= 11 is 0. The van der Waals surface area contributed by atoms with E-state index < -0.39 is 0 Å². The molecule has 0 saturated heterocycles. The fraction of sp³-hybridized carbons (Fsp3) is 0.571. The third-order valence-corrected chi connectivity index (χ3v) is 2.41. The van der Waals surface area contributed by atoms with Gasteiger partial charge in [0, 0.05) is 6.54 Å². The summed E-state index contributed by atoms with van der Waals surface area (Å²) in [5.74, 6) is 0.477. The molecule has 0 spiro atoms. The van der Waals surface area contributed by atoms with E-state index in [0.29, 0.717) is 17.8 Å². The van der Waals surface area contributed by atoms with Gasteiger partial charge in [-0.2, -0.15) is 0 Å². The van der Waals surface area contributed by atoms with Crippen LogP contribution in [-0.4, -0.2) is 19.7 Å². The zero-order chi connectivity index (χ0) is 12.7. The van der Waals surface area contributed by atoms with Crippen LogP contribution in [0.2, 0.25) is 0 Å². The molecule has 2 nitrogen and oxygen atoms in total. The Morgan fingerprint density at radius 3 is 2.35 bits per heavy atom. The van der Waals surface area contributed by atoms with Gasteiger partial charge in [0.05, 0.1) is 0 Å². The summed E-state index contributed by atoms with van der Waals surface area (Å²) in [5, 5.41) is 3.32. The summed E-state index contributed by atoms with van der Waals surface area (Å²) < 4.78 is 18.1. The molecule has 17 heavy (non-hydrogen) atoms. The van der Waals surface area contributed by atoms with E-state index in [1.54, 1.807) is 12.1 Å². The van der Waals surface area contributed by atoms with Crippen LogP contribution in [0.15, 0.2) is 24.3 Å². The highest BCUT2D eigenvalue weighted by molar-refractivity contribution is 5.21. The van der Waals surface area contributed by atoms with Gasteiger partial charge in [0.2, 0.25) is 0 Å². The Hall–Kier alpha value is -1.09. The first-order valence-electron chi connectivity index (χ1n) is 6.06. The first-order valence-corrected chi connectivity index (χ1v) is 6.06. The summed E-state index contributed by atoms with van der Waals surface area (Å²) in [6.07, 6.45) is 1.14. The van der Waals surface area contributed by atoms with Crippen LogP contribution in [0.5, 0.6) is 5.75 Å². The van der Waals surface area contributed by atoms with Gasteiger partial charge in [-0.25, -0.2) is 4.39 Å². The quantitative estimate of drug-likeness (QED) is 0.770. The van der Waals surface area contributed by atoms with E-state index in [-0.39, 0.29) is 5.82 Å². The Balaban J connectivity index is 2.07. The van der Waals surface area contributed by atoms with E-state index >= 15 is 0 Å². The smallest absolute Gasteiger partial charge is 0.123 e. The molecule has 0 bridgehead atoms. The minimum absolute atomic E-state index is 0.236. The molecule has 1 aromatic rings. The Bertz CT molecular complexity index is 316. The van der Waals surface area contributed by atoms with Crippen LogP contribution >= 0.6 is 0 Å². The molecule has 1 aromatic carbocycles. The number of hydrogen-bond donors (Lipinski definition) is 1. The average molecular weight is 239 g/mol. The van der Waals surface area contributed by atoms with Crippen molar-refractivity contribution in [1.29, 1.82) is 0 Å². The highest BCUT2D eigenvalue weighted by Crippen LogP contribution is 2.16. The number of benzene rings is 1. The maximum absolute atomic E-state index is 12.6. The number of rotatable bonds is 6. The lowest BCUT2D eigenvalue weighted by molar-refractivity contribution is 0.303. The third kappa shape index (κ3) is 6.95. The van der Waals surface area contributed by atoms with Gasteiger partial charge in [0.15, 0.2) is 0 Å². The maximum Gasteiger partial charge on any atom is 0.123 e. The molecule has 96 valence electrons. The molecule has 0 aliphatic carbocycles. The molecule has 0 fully saturated rings. The third-order valence-electron chi connectivity index (χ3n) is 2.41. The van der Waals surface area contributed by atoms with Gasteiger partial charge >= 0.3 is 0 Å². The number of ether oxygens (including phenoxy) is 1. The van der Waals surface area contributed by atoms with Gasteiger partial charge in [-0.15, -0.1) is 0 Å². The highest BCUT2D eigenvalue weighted by atomic mass is 19.1. The summed E-state index contributed by atoms with van der Waals surface area (Å²) in [6, 6.07) is 6.10. The van der Waals surface area contributed by atoms with Crippen molar-refractivity contribution in [3.8, 4) is 5.75 Å². The fourth-order valence-electron chi connectivity index (χ4n) is 1.36. The molecular formula is C14H22FNO. The van der Waals surface area contributed by atoms with E-state index in [9.17, 15) is 4.39 Å². The SMILES string of the molecule is CC(C)(C)CCNCCOc1ccc(F)cc1. The second kappa shape index (κ2) is 6.60. The Kier molecular flexibility index (Phi) is 5.42. The summed E-state index contributed by atoms with van der Waals surface area (Å²) in [7, 11) is 0. The van der Waals surface area contributed by atoms with E-state index in [4.69, 9.17) is 4.74 Å². The molecule has 0 aliphatic heterocycles. The van der Waals surface area contributed by atoms with Crippen molar-refractivity contribution in [2.24, 2.45) is 5.41 Å². The molecule has 3 heteroatoms. The van der Waals surface area contributed by atoms with Crippen molar-refractivity contribution < 1.29 is 9.13 Å². The zero-order valence-electron chi connectivity index (χ0n) is 10.9. The molecule has 0 heterocycles. The van der Waals surface area contributed by atoms with E-state index in [1.165, 1.54) is 12.1 Å². The monoisotopic (exact) mass is 239 g/mol. The predicted octanol–water partition coefficient (Wildman–Crippen LogP) is 3.23. The molecule has 0 saturated carbocycles. The molecule has 0 amide bonds. The second-order valence-corrected chi connectivity index (χ2v) is 5.36. The van der Waals surface area contributed by atoms with Crippen molar-refractivity contribution in [3.05, 3.63) is 30.1 Å². The van der Waals surface area contributed by atoms with Crippen LogP contribution in [0.4, 0.5) is 4.39 Å². The van der Waals surface area contributed by atoms with Gasteiger partial charge in [-0.1, -0.05) is 20.8 Å². The van der Waals surface area contributed by atoms with Crippen LogP contribution in [0.1, 0.15) is 27.2 Å². The fourth-order valence-corrected chi connectivity index (χ4v) is 1.36. The molecule has 0 radical (unpaired) electrons. The van der Waals surface area contributed by atoms with Crippen LogP contribution in [0, 0.1) is 11.2 Å². The normalized spacial score (nSPS) is 11.5. The van der Waals surface area contributed by atoms with Crippen molar-refractivity contribution >= 4 is 0 Å². The lowest BCUT2D eigenvalue weighted by Crippen LogP contribution is -2.25. The molecule has 0 atom stereocenters. The molecule has 0 unspecified atom stereocenters. The molecule has 1 rings (SSSR count). The average Bonchev–Trinajstić information content (AvgIpc) is 2.24. The van der Waals surface area contributed by atoms with Crippen molar-refractivity contribution in [1.82, 2.24) is 5.32 Å². The largest absolute Gasteiger partial charge is 0.492 e. The second-order valence-electron chi connectivity index (χ2n) is 5.36. The van der Waals surface area contributed by atoms with Crippen LogP contribution < -0.4 is 10.1 Å². The van der Waals surface area contributed by atoms with Gasteiger partial charge in [-0.05, 0) is 42.6 Å². The van der Waals surface area contributed by atoms with Crippen LogP contribution in [0.3, 0.4) is 0 Å². The van der Waals surface area contributed by atoms with Crippen molar-refractivity contribution in [3.63, 3.8) is 0 Å².